The van der Waals surface area contributed by atoms with Gasteiger partial charge in [-0.25, -0.2) is 9.97 Å². The summed E-state index contributed by atoms with van der Waals surface area (Å²) in [4.78, 5) is 25.7. The molecule has 0 spiro atoms. The Morgan fingerprint density at radius 3 is 2.88 bits per heavy atom. The largest absolute Gasteiger partial charge is 0.459 e. The van der Waals surface area contributed by atoms with Crippen LogP contribution in [0.25, 0.3) is 0 Å². The number of carbonyl (C=O) groups is 1. The molecule has 0 aliphatic carbocycles. The van der Waals surface area contributed by atoms with E-state index < -0.39 is 0 Å². The summed E-state index contributed by atoms with van der Waals surface area (Å²) in [7, 11) is 0. The number of hydrogen-bond donors (Lipinski definition) is 1. The van der Waals surface area contributed by atoms with Crippen molar-refractivity contribution in [1.29, 1.82) is 0 Å². The van der Waals surface area contributed by atoms with Gasteiger partial charge in [0, 0.05) is 43.7 Å². The van der Waals surface area contributed by atoms with Crippen LogP contribution in [0.5, 0.6) is 0 Å². The van der Waals surface area contributed by atoms with E-state index in [1.54, 1.807) is 12.6 Å². The number of β-amino-alcohol motifs (C(OH)–C–C–N with tert-alkyl or cyclic N) is 1. The van der Waals surface area contributed by atoms with E-state index in [1.807, 2.05) is 17.9 Å². The van der Waals surface area contributed by atoms with Crippen LogP contribution in [0.4, 0.5) is 5.82 Å². The first-order chi connectivity index (χ1) is 12.6. The molecule has 1 fully saturated rings. The highest BCUT2D eigenvalue weighted by Crippen LogP contribution is 2.27. The van der Waals surface area contributed by atoms with Gasteiger partial charge in [-0.3, -0.25) is 4.79 Å². The van der Waals surface area contributed by atoms with Crippen molar-refractivity contribution in [3.8, 4) is 0 Å². The van der Waals surface area contributed by atoms with Crippen LogP contribution < -0.4 is 4.90 Å². The highest BCUT2D eigenvalue weighted by atomic mass is 16.3. The lowest BCUT2D eigenvalue weighted by atomic mass is 10.1. The molecule has 26 heavy (non-hydrogen) atoms. The first kappa shape index (κ1) is 17.0. The second-order valence-corrected chi connectivity index (χ2v) is 7.09. The van der Waals surface area contributed by atoms with Gasteiger partial charge in [-0.15, -0.1) is 0 Å². The first-order valence-corrected chi connectivity index (χ1v) is 9.22. The van der Waals surface area contributed by atoms with E-state index in [0.29, 0.717) is 38.2 Å². The number of nitrogens with zero attached hydrogens (tertiary/aromatic N) is 4. The molecular formula is C19H24N4O3. The highest BCUT2D eigenvalue weighted by molar-refractivity contribution is 5.92. The Labute approximate surface area is 152 Å². The molecule has 1 saturated heterocycles. The number of aliphatic hydroxyl groups excluding tert-OH is 1. The minimum absolute atomic E-state index is 0.0665. The predicted molar refractivity (Wildman–Crippen MR) is 96.2 cm³/mol. The smallest absolute Gasteiger partial charge is 0.289 e. The second-order valence-electron chi connectivity index (χ2n) is 7.09. The lowest BCUT2D eigenvalue weighted by molar-refractivity contribution is 0.0730. The molecule has 2 aliphatic rings. The van der Waals surface area contributed by atoms with Crippen LogP contribution in [0.3, 0.4) is 0 Å². The van der Waals surface area contributed by atoms with Crippen LogP contribution in [0.15, 0.2) is 23.1 Å². The van der Waals surface area contributed by atoms with Crippen molar-refractivity contribution in [2.75, 3.05) is 31.1 Å². The molecule has 2 aromatic rings. The first-order valence-electron chi connectivity index (χ1n) is 9.22. The zero-order valence-electron chi connectivity index (χ0n) is 15.0. The van der Waals surface area contributed by atoms with E-state index in [2.05, 4.69) is 14.9 Å². The van der Waals surface area contributed by atoms with Gasteiger partial charge < -0.3 is 19.3 Å². The summed E-state index contributed by atoms with van der Waals surface area (Å²) in [5, 5.41) is 10.00. The molecule has 1 amide bonds. The summed E-state index contributed by atoms with van der Waals surface area (Å²) in [5.41, 5.74) is 2.97. The van der Waals surface area contributed by atoms with Gasteiger partial charge in [0.05, 0.1) is 18.1 Å². The number of furan rings is 1. The molecule has 2 aromatic heterocycles. The molecule has 4 heterocycles. The van der Waals surface area contributed by atoms with Gasteiger partial charge in [0.2, 0.25) is 0 Å². The van der Waals surface area contributed by atoms with Gasteiger partial charge >= 0.3 is 0 Å². The Kier molecular flexibility index (Phi) is 4.63. The van der Waals surface area contributed by atoms with E-state index >= 15 is 0 Å². The van der Waals surface area contributed by atoms with Gasteiger partial charge in [-0.05, 0) is 32.3 Å². The number of amides is 1. The van der Waals surface area contributed by atoms with Gasteiger partial charge in [0.25, 0.3) is 5.91 Å². The van der Waals surface area contributed by atoms with Crippen molar-refractivity contribution < 1.29 is 14.3 Å². The number of hydrogen-bond acceptors (Lipinski definition) is 6. The fraction of sp³-hybridized carbons (Fsp3) is 0.526. The fourth-order valence-electron chi connectivity index (χ4n) is 3.87. The summed E-state index contributed by atoms with van der Waals surface area (Å²) in [6, 6.07) is 1.81. The standard InChI is InChI=1S/C19H24N4O3/c1-13-6-10-26-17(13)19(25)22-8-4-15-16(5-9-22)20-12-21-18(15)23-7-2-3-14(24)11-23/h6,10,12,14,24H,2-5,7-9,11H2,1H3/t14-/m0/s1. The summed E-state index contributed by atoms with van der Waals surface area (Å²) in [6.45, 7) is 4.62. The molecule has 0 bridgehead atoms. The van der Waals surface area contributed by atoms with E-state index in [0.717, 1.165) is 42.0 Å². The molecule has 0 saturated carbocycles. The van der Waals surface area contributed by atoms with E-state index in [1.165, 1.54) is 0 Å². The maximum atomic E-state index is 12.8. The van der Waals surface area contributed by atoms with Crippen LogP contribution in [0.2, 0.25) is 0 Å². The third kappa shape index (κ3) is 3.19. The average Bonchev–Trinajstić information content (AvgIpc) is 2.95. The van der Waals surface area contributed by atoms with Gasteiger partial charge in [-0.2, -0.15) is 0 Å². The minimum Gasteiger partial charge on any atom is -0.459 e. The summed E-state index contributed by atoms with van der Waals surface area (Å²) in [5.74, 6) is 1.27. The van der Waals surface area contributed by atoms with Crippen molar-refractivity contribution >= 4 is 11.7 Å². The summed E-state index contributed by atoms with van der Waals surface area (Å²) >= 11 is 0. The zero-order valence-corrected chi connectivity index (χ0v) is 15.0. The number of fused-ring (bicyclic) bond motifs is 1. The zero-order chi connectivity index (χ0) is 18.1. The van der Waals surface area contributed by atoms with Gasteiger partial charge in [-0.1, -0.05) is 0 Å². The second kappa shape index (κ2) is 7.07. The Morgan fingerprint density at radius 1 is 1.27 bits per heavy atom. The molecule has 0 unspecified atom stereocenters. The minimum atomic E-state index is -0.305. The molecule has 7 nitrogen and oxygen atoms in total. The lowest BCUT2D eigenvalue weighted by Gasteiger charge is -2.32. The Hall–Kier alpha value is -2.41. The quantitative estimate of drug-likeness (QED) is 0.880. The van der Waals surface area contributed by atoms with Crippen LogP contribution in [-0.2, 0) is 12.8 Å². The average molecular weight is 356 g/mol. The maximum absolute atomic E-state index is 12.8. The predicted octanol–water partition coefficient (Wildman–Crippen LogP) is 1.58. The monoisotopic (exact) mass is 356 g/mol. The van der Waals surface area contributed by atoms with Gasteiger partial charge in [0.15, 0.2) is 5.76 Å². The number of aryl methyl sites for hydroxylation is 1. The third-order valence-electron chi connectivity index (χ3n) is 5.30. The number of piperidine rings is 1. The van der Waals surface area contributed by atoms with E-state index in [-0.39, 0.29) is 12.0 Å². The molecule has 138 valence electrons. The summed E-state index contributed by atoms with van der Waals surface area (Å²) < 4.78 is 5.37. The van der Waals surface area contributed by atoms with Crippen LogP contribution in [0, 0.1) is 6.92 Å². The van der Waals surface area contributed by atoms with Crippen molar-refractivity contribution in [1.82, 2.24) is 14.9 Å². The Bertz CT molecular complexity index is 804. The van der Waals surface area contributed by atoms with Crippen LogP contribution in [-0.4, -0.2) is 58.2 Å². The number of aromatic nitrogens is 2. The van der Waals surface area contributed by atoms with E-state index in [9.17, 15) is 9.90 Å². The Balaban J connectivity index is 1.55. The SMILES string of the molecule is Cc1ccoc1C(=O)N1CCc2ncnc(N3CCC[C@H](O)C3)c2CC1. The van der Waals surface area contributed by atoms with Crippen LogP contribution >= 0.6 is 0 Å². The number of rotatable bonds is 2. The molecular weight excluding hydrogens is 332 g/mol. The molecule has 0 aromatic carbocycles. The number of aliphatic hydroxyl groups is 1. The van der Waals surface area contributed by atoms with Gasteiger partial charge in [0.1, 0.15) is 12.1 Å². The molecule has 1 N–H and O–H groups in total. The molecule has 4 rings (SSSR count). The number of anilines is 1. The molecule has 7 heteroatoms. The summed E-state index contributed by atoms with van der Waals surface area (Å²) in [6.07, 6.45) is 6.07. The molecule has 0 radical (unpaired) electrons. The van der Waals surface area contributed by atoms with Crippen molar-refractivity contribution in [3.63, 3.8) is 0 Å². The van der Waals surface area contributed by atoms with Crippen molar-refractivity contribution in [2.45, 2.75) is 38.7 Å². The molecule has 2 aliphatic heterocycles. The lowest BCUT2D eigenvalue weighted by Crippen LogP contribution is -2.39. The molecule has 1 atom stereocenters. The third-order valence-corrected chi connectivity index (χ3v) is 5.30. The Morgan fingerprint density at radius 2 is 2.12 bits per heavy atom. The van der Waals surface area contributed by atoms with Crippen LogP contribution in [0.1, 0.15) is 40.2 Å². The highest BCUT2D eigenvalue weighted by Gasteiger charge is 2.27. The number of carbonyl (C=O) groups excluding carboxylic acids is 1. The fourth-order valence-corrected chi connectivity index (χ4v) is 3.87. The maximum Gasteiger partial charge on any atom is 0.289 e. The topological polar surface area (TPSA) is 82.7 Å². The van der Waals surface area contributed by atoms with E-state index in [4.69, 9.17) is 4.42 Å². The normalized spacial score (nSPS) is 20.6. The van der Waals surface area contributed by atoms with Crippen molar-refractivity contribution in [3.05, 3.63) is 41.2 Å². The van der Waals surface area contributed by atoms with Crippen molar-refractivity contribution in [2.24, 2.45) is 0 Å².